The van der Waals surface area contributed by atoms with E-state index in [1.807, 2.05) is 6.92 Å². The van der Waals surface area contributed by atoms with Gasteiger partial charge in [0.05, 0.1) is 24.8 Å². The van der Waals surface area contributed by atoms with Crippen molar-refractivity contribution in [3.8, 4) is 11.8 Å². The average Bonchev–Trinajstić information content (AvgIpc) is 2.87. The standard InChI is InChI=1S/C27H22FN3O4S/c1-2-34-23-10-6-4-8-20(23)24-21(15-29)27(30)35-25-19-7-3-5-9-22(19)31(36(32,33)26(24)25)16-17-11-13-18(28)14-12-17/h3-14,24H,2,16,30H2,1H3/t24-/m0/s1. The Hall–Kier alpha value is -4.29. The van der Waals surface area contributed by atoms with Crippen LogP contribution in [0.25, 0.3) is 5.76 Å². The fourth-order valence-electron chi connectivity index (χ4n) is 4.55. The average molecular weight is 504 g/mol. The van der Waals surface area contributed by atoms with Crippen molar-refractivity contribution in [3.05, 3.63) is 112 Å². The first-order chi connectivity index (χ1) is 17.4. The number of ether oxygens (including phenoxy) is 2. The zero-order valence-corrected chi connectivity index (χ0v) is 20.1. The Kier molecular flexibility index (Phi) is 5.90. The smallest absolute Gasteiger partial charge is 0.265 e. The molecule has 2 N–H and O–H groups in total. The number of sulfonamides is 1. The summed E-state index contributed by atoms with van der Waals surface area (Å²) in [6.07, 6.45) is 0. The van der Waals surface area contributed by atoms with Crippen molar-refractivity contribution in [1.29, 1.82) is 5.26 Å². The van der Waals surface area contributed by atoms with E-state index in [-0.39, 0.29) is 28.7 Å². The molecule has 182 valence electrons. The van der Waals surface area contributed by atoms with E-state index in [1.54, 1.807) is 48.5 Å². The van der Waals surface area contributed by atoms with Gasteiger partial charge in [-0.1, -0.05) is 42.5 Å². The van der Waals surface area contributed by atoms with Gasteiger partial charge in [0.15, 0.2) is 5.76 Å². The maximum absolute atomic E-state index is 14.3. The summed E-state index contributed by atoms with van der Waals surface area (Å²) < 4.78 is 55.0. The van der Waals surface area contributed by atoms with Crippen molar-refractivity contribution >= 4 is 21.5 Å². The number of anilines is 1. The lowest BCUT2D eigenvalue weighted by molar-refractivity contribution is 0.333. The molecule has 0 saturated carbocycles. The molecule has 0 amide bonds. The van der Waals surface area contributed by atoms with E-state index >= 15 is 0 Å². The van der Waals surface area contributed by atoms with Crippen LogP contribution in [0, 0.1) is 17.1 Å². The quantitative estimate of drug-likeness (QED) is 0.539. The Labute approximate surface area is 208 Å². The zero-order chi connectivity index (χ0) is 25.4. The lowest BCUT2D eigenvalue weighted by Gasteiger charge is -2.38. The van der Waals surface area contributed by atoms with Gasteiger partial charge in [0.1, 0.15) is 28.1 Å². The highest BCUT2D eigenvalue weighted by atomic mass is 32.2. The minimum atomic E-state index is -4.24. The molecule has 0 fully saturated rings. The number of rotatable bonds is 5. The summed E-state index contributed by atoms with van der Waals surface area (Å²) in [5.41, 5.74) is 8.15. The molecule has 0 aromatic heterocycles. The van der Waals surface area contributed by atoms with Crippen LogP contribution in [0.2, 0.25) is 0 Å². The Morgan fingerprint density at radius 2 is 1.78 bits per heavy atom. The van der Waals surface area contributed by atoms with Crippen LogP contribution in [-0.4, -0.2) is 15.0 Å². The van der Waals surface area contributed by atoms with Gasteiger partial charge in [0, 0.05) is 11.1 Å². The van der Waals surface area contributed by atoms with Gasteiger partial charge in [0.25, 0.3) is 10.0 Å². The third kappa shape index (κ3) is 3.76. The Balaban J connectivity index is 1.76. The molecular weight excluding hydrogens is 481 g/mol. The summed E-state index contributed by atoms with van der Waals surface area (Å²) in [6, 6.07) is 21.6. The Morgan fingerprint density at radius 1 is 1.08 bits per heavy atom. The summed E-state index contributed by atoms with van der Waals surface area (Å²) >= 11 is 0. The molecule has 5 rings (SSSR count). The largest absolute Gasteiger partial charge is 0.494 e. The first-order valence-electron chi connectivity index (χ1n) is 11.3. The number of nitriles is 1. The van der Waals surface area contributed by atoms with Crippen LogP contribution in [0.15, 0.2) is 89.2 Å². The van der Waals surface area contributed by atoms with Crippen molar-refractivity contribution < 1.29 is 22.3 Å². The van der Waals surface area contributed by atoms with E-state index in [2.05, 4.69) is 6.07 Å². The zero-order valence-electron chi connectivity index (χ0n) is 19.3. The SMILES string of the molecule is CCOc1ccccc1[C@H]1C(C#N)=C(N)OC2=C1S(=O)(=O)N(Cc1ccc(F)cc1)c1ccccc12. The molecule has 7 nitrogen and oxygen atoms in total. The van der Waals surface area contributed by atoms with Crippen LogP contribution in [0.1, 0.15) is 29.5 Å². The van der Waals surface area contributed by atoms with Crippen molar-refractivity contribution in [2.75, 3.05) is 10.9 Å². The van der Waals surface area contributed by atoms with Gasteiger partial charge >= 0.3 is 0 Å². The molecule has 2 aliphatic rings. The molecule has 2 aliphatic heterocycles. The Bertz CT molecular complexity index is 1560. The molecule has 0 unspecified atom stereocenters. The summed E-state index contributed by atoms with van der Waals surface area (Å²) in [5.74, 6) is -1.11. The van der Waals surface area contributed by atoms with Crippen LogP contribution >= 0.6 is 0 Å². The van der Waals surface area contributed by atoms with Crippen molar-refractivity contribution in [3.63, 3.8) is 0 Å². The van der Waals surface area contributed by atoms with Gasteiger partial charge < -0.3 is 15.2 Å². The van der Waals surface area contributed by atoms with Gasteiger partial charge in [-0.05, 0) is 42.8 Å². The number of nitrogens with two attached hydrogens (primary N) is 1. The fraction of sp³-hybridized carbons (Fsp3) is 0.148. The van der Waals surface area contributed by atoms with E-state index in [1.165, 1.54) is 28.6 Å². The van der Waals surface area contributed by atoms with Gasteiger partial charge in [-0.2, -0.15) is 5.26 Å². The molecule has 9 heteroatoms. The maximum Gasteiger partial charge on any atom is 0.265 e. The molecule has 0 aliphatic carbocycles. The third-order valence-corrected chi connectivity index (χ3v) is 8.01. The number of fused-ring (bicyclic) bond motifs is 2. The number of para-hydroxylation sites is 2. The number of allylic oxidation sites excluding steroid dienone is 2. The van der Waals surface area contributed by atoms with E-state index in [0.29, 0.717) is 34.7 Å². The predicted molar refractivity (Wildman–Crippen MR) is 133 cm³/mol. The van der Waals surface area contributed by atoms with E-state index in [9.17, 15) is 18.1 Å². The summed E-state index contributed by atoms with van der Waals surface area (Å²) in [5, 5.41) is 10.0. The summed E-state index contributed by atoms with van der Waals surface area (Å²) in [7, 11) is -4.24. The molecule has 3 aromatic rings. The topological polar surface area (TPSA) is 106 Å². The highest BCUT2D eigenvalue weighted by Crippen LogP contribution is 2.52. The number of benzene rings is 3. The second kappa shape index (κ2) is 9.06. The minimum absolute atomic E-state index is 0.0226. The number of hydrogen-bond acceptors (Lipinski definition) is 6. The normalized spacial score (nSPS) is 18.1. The van der Waals surface area contributed by atoms with Gasteiger partial charge in [0.2, 0.25) is 5.88 Å². The van der Waals surface area contributed by atoms with Crippen molar-refractivity contribution in [2.45, 2.75) is 19.4 Å². The maximum atomic E-state index is 14.3. The molecule has 0 radical (unpaired) electrons. The second-order valence-corrected chi connectivity index (χ2v) is 10.1. The number of halogens is 1. The highest BCUT2D eigenvalue weighted by Gasteiger charge is 2.47. The van der Waals surface area contributed by atoms with E-state index in [4.69, 9.17) is 15.2 Å². The second-order valence-electron chi connectivity index (χ2n) is 8.24. The molecule has 0 spiro atoms. The number of hydrogen-bond donors (Lipinski definition) is 1. The van der Waals surface area contributed by atoms with Crippen LogP contribution in [0.4, 0.5) is 10.1 Å². The van der Waals surface area contributed by atoms with Gasteiger partial charge in [-0.3, -0.25) is 4.31 Å². The fourth-order valence-corrected chi connectivity index (χ4v) is 6.46. The lowest BCUT2D eigenvalue weighted by atomic mass is 9.87. The van der Waals surface area contributed by atoms with E-state index in [0.717, 1.165) is 0 Å². The summed E-state index contributed by atoms with van der Waals surface area (Å²) in [4.78, 5) is -0.0961. The molecule has 36 heavy (non-hydrogen) atoms. The first-order valence-corrected chi connectivity index (χ1v) is 12.7. The third-order valence-electron chi connectivity index (χ3n) is 6.13. The van der Waals surface area contributed by atoms with Crippen LogP contribution in [-0.2, 0) is 21.3 Å². The first kappa shape index (κ1) is 23.5. The van der Waals surface area contributed by atoms with Gasteiger partial charge in [-0.25, -0.2) is 12.8 Å². The highest BCUT2D eigenvalue weighted by molar-refractivity contribution is 7.96. The van der Waals surface area contributed by atoms with Crippen molar-refractivity contribution in [1.82, 2.24) is 0 Å². The molecule has 3 aromatic carbocycles. The van der Waals surface area contributed by atoms with Crippen LogP contribution < -0.4 is 14.8 Å². The molecule has 0 saturated heterocycles. The number of nitrogens with zero attached hydrogens (tertiary/aromatic N) is 2. The summed E-state index contributed by atoms with van der Waals surface area (Å²) in [6.45, 7) is 2.12. The molecule has 1 atom stereocenters. The van der Waals surface area contributed by atoms with Gasteiger partial charge in [-0.15, -0.1) is 0 Å². The van der Waals surface area contributed by atoms with Crippen LogP contribution in [0.5, 0.6) is 5.75 Å². The molecule has 0 bridgehead atoms. The molecular formula is C27H22FN3O4S. The monoisotopic (exact) mass is 503 g/mol. The van der Waals surface area contributed by atoms with E-state index < -0.39 is 21.8 Å². The van der Waals surface area contributed by atoms with Crippen molar-refractivity contribution in [2.24, 2.45) is 5.73 Å². The Morgan fingerprint density at radius 3 is 2.50 bits per heavy atom. The van der Waals surface area contributed by atoms with Crippen LogP contribution in [0.3, 0.4) is 0 Å². The minimum Gasteiger partial charge on any atom is -0.494 e. The molecule has 2 heterocycles. The predicted octanol–water partition coefficient (Wildman–Crippen LogP) is 4.75. The lowest BCUT2D eigenvalue weighted by Crippen LogP contribution is -2.39.